The molecule has 97 heavy (non-hydrogen) atoms. The van der Waals surface area contributed by atoms with Gasteiger partial charge in [0.1, 0.15) is 0 Å². The largest absolute Gasteiger partial charge is 0.481 e. The number of nitrogens with zero attached hydrogens (tertiary/aromatic N) is 3. The van der Waals surface area contributed by atoms with Crippen LogP contribution in [0.4, 0.5) is 0 Å². The van der Waals surface area contributed by atoms with Crippen LogP contribution in [0.2, 0.25) is 0 Å². The van der Waals surface area contributed by atoms with Crippen molar-refractivity contribution in [2.75, 3.05) is 80.4 Å². The molecule has 0 aromatic carbocycles. The number of methoxy groups -OCH3 is 3. The summed E-state index contributed by atoms with van der Waals surface area (Å²) >= 11 is 0. The molecule has 0 radical (unpaired) electrons. The number of rotatable bonds is 12. The molecule has 0 aromatic heterocycles. The average molecular weight is 1360 g/mol. The Balaban J connectivity index is 0.000000135. The van der Waals surface area contributed by atoms with Gasteiger partial charge in [-0.25, -0.2) is 0 Å². The fourth-order valence-corrected chi connectivity index (χ4v) is 26.5. The van der Waals surface area contributed by atoms with Crippen molar-refractivity contribution < 1.29 is 49.0 Å². The molecule has 0 bridgehead atoms. The number of carbonyl (C=O) groups is 3. The predicted molar refractivity (Wildman–Crippen MR) is 386 cm³/mol. The van der Waals surface area contributed by atoms with E-state index >= 15 is 0 Å². The summed E-state index contributed by atoms with van der Waals surface area (Å²) in [6, 6.07) is 1.66. The second-order valence-corrected chi connectivity index (χ2v) is 36.9. The van der Waals surface area contributed by atoms with Crippen LogP contribution in [-0.4, -0.2) is 168 Å². The molecule has 3 heterocycles. The number of piperidine rings is 3. The number of carboxylic acids is 1. The van der Waals surface area contributed by atoms with E-state index in [0.29, 0.717) is 73.3 Å². The van der Waals surface area contributed by atoms with Crippen molar-refractivity contribution in [2.45, 2.75) is 302 Å². The summed E-state index contributed by atoms with van der Waals surface area (Å²) in [5.41, 5.74) is -1.30. The summed E-state index contributed by atoms with van der Waals surface area (Å²) in [4.78, 5) is 45.1. The first-order valence-corrected chi connectivity index (χ1v) is 41.4. The van der Waals surface area contributed by atoms with Crippen molar-refractivity contribution in [2.24, 2.45) is 123 Å². The molecule has 2 amide bonds. The van der Waals surface area contributed by atoms with Crippen molar-refractivity contribution in [3.63, 3.8) is 0 Å². The van der Waals surface area contributed by atoms with Crippen molar-refractivity contribution in [1.82, 2.24) is 20.0 Å². The third-order valence-corrected chi connectivity index (χ3v) is 32.0. The zero-order valence-electron chi connectivity index (χ0n) is 63.5. The van der Waals surface area contributed by atoms with Crippen LogP contribution < -0.4 is 5.32 Å². The van der Waals surface area contributed by atoms with Gasteiger partial charge in [-0.2, -0.15) is 0 Å². The Bertz CT molecular complexity index is 2430. The van der Waals surface area contributed by atoms with E-state index in [1.54, 1.807) is 21.3 Å². The van der Waals surface area contributed by atoms with Crippen LogP contribution in [0, 0.1) is 123 Å². The number of nitrogens with one attached hydrogen (secondary N) is 1. The van der Waals surface area contributed by atoms with E-state index in [0.717, 1.165) is 155 Å². The van der Waals surface area contributed by atoms with Gasteiger partial charge in [-0.05, 0) is 358 Å². The number of fused-ring (bicyclic) bond motifs is 15. The lowest BCUT2D eigenvalue weighted by Crippen LogP contribution is -2.63. The molecule has 3 saturated heterocycles. The zero-order chi connectivity index (χ0) is 69.2. The molecule has 0 aromatic rings. The molecule has 15 aliphatic rings. The van der Waals surface area contributed by atoms with E-state index in [2.05, 4.69) is 75.4 Å². The number of carbonyl (C=O) groups excluding carboxylic acids is 2. The van der Waals surface area contributed by atoms with E-state index in [9.17, 15) is 34.8 Å². The molecule has 14 heteroatoms. The third-order valence-electron chi connectivity index (χ3n) is 32.0. The maximum Gasteiger partial charge on any atom is 0.306 e. The van der Waals surface area contributed by atoms with Gasteiger partial charge in [-0.15, -0.1) is 0 Å². The summed E-state index contributed by atoms with van der Waals surface area (Å²) in [6.07, 6.45) is 38.7. The number of hydrogen-bond acceptors (Lipinski definition) is 11. The van der Waals surface area contributed by atoms with E-state index in [1.165, 1.54) is 167 Å². The Morgan fingerprint density at radius 3 is 1.16 bits per heavy atom. The van der Waals surface area contributed by atoms with Gasteiger partial charge in [-0.3, -0.25) is 14.4 Å². The van der Waals surface area contributed by atoms with Gasteiger partial charge in [0.25, 0.3) is 0 Å². The van der Waals surface area contributed by atoms with Gasteiger partial charge in [0.05, 0.1) is 42.5 Å². The smallest absolute Gasteiger partial charge is 0.306 e. The van der Waals surface area contributed by atoms with Gasteiger partial charge in [0, 0.05) is 64.4 Å². The van der Waals surface area contributed by atoms with Crippen molar-refractivity contribution >= 4 is 17.8 Å². The molecule has 3 aliphatic heterocycles. The highest BCUT2D eigenvalue weighted by atomic mass is 16.5. The van der Waals surface area contributed by atoms with E-state index < -0.39 is 22.8 Å². The summed E-state index contributed by atoms with van der Waals surface area (Å²) < 4.78 is 15.9. The quantitative estimate of drug-likeness (QED) is 0.125. The minimum Gasteiger partial charge on any atom is -0.481 e. The molecule has 1 unspecified atom stereocenters. The van der Waals surface area contributed by atoms with Crippen LogP contribution in [-0.2, 0) is 28.6 Å². The summed E-state index contributed by atoms with van der Waals surface area (Å²) in [5.74, 6) is 12.7. The Morgan fingerprint density at radius 2 is 0.814 bits per heavy atom. The fourth-order valence-electron chi connectivity index (χ4n) is 26.5. The maximum atomic E-state index is 13.5. The monoisotopic (exact) mass is 1360 g/mol. The lowest BCUT2D eigenvalue weighted by atomic mass is 9.40. The number of carboxylic acid groups (broad SMARTS) is 1. The molecule has 12 saturated carbocycles. The molecule has 27 atom stereocenters. The van der Waals surface area contributed by atoms with Crippen molar-refractivity contribution in [3.8, 4) is 0 Å². The standard InChI is InChI=1S/2C26H43NO3.C19H30O4.C6H13N.C6H15N/c2*1-17-6-4-5-13-27(17)24(28)23-14-22-21-8-7-18-15-26(29,16-30-3)12-10-19(18)20(21)9-11-25(22,23)2;1-23-10-19(22)7-6-12-11(9-19)2-3-14-13(12)4-5-15-16(14)8-17(15)18(20)21;1-6-4-2-3-5-7-6;1-4-7(5-2)6-3/h2*17-23,29H,4-16H2,1-3H3;11-17,22H,2-10H2,1H3,(H,20,21);6-7H,2-5H2,1H3;4-6H2,1-3H3/t17-,18+,19-,20+,21+,22-,23+,25-,26+;17-,18+,19-,20+,21+,22-,23-,25-,26+;11-,12+,13-,14-,15?,16+,17+,19-;6-;/m0010./s1. The highest BCUT2D eigenvalue weighted by molar-refractivity contribution is 5.82. The molecule has 12 aliphatic carbocycles. The Labute approximate surface area is 589 Å². The summed E-state index contributed by atoms with van der Waals surface area (Å²) in [6.45, 7) is 26.4. The molecule has 15 rings (SSSR count). The number of likely N-dealkylation sites (tertiary alicyclic amines) is 2. The maximum absolute atomic E-state index is 13.5. The van der Waals surface area contributed by atoms with Gasteiger partial charge in [-0.1, -0.05) is 41.0 Å². The zero-order valence-corrected chi connectivity index (χ0v) is 63.5. The van der Waals surface area contributed by atoms with Gasteiger partial charge >= 0.3 is 5.97 Å². The Hall–Kier alpha value is -1.91. The van der Waals surface area contributed by atoms with Gasteiger partial charge in [0.15, 0.2) is 0 Å². The van der Waals surface area contributed by atoms with E-state index in [-0.39, 0.29) is 28.6 Å². The average Bonchev–Trinajstić information content (AvgIpc) is 0.714. The molecule has 15 fully saturated rings. The van der Waals surface area contributed by atoms with Crippen LogP contribution in [0.15, 0.2) is 0 Å². The number of amides is 2. The first-order valence-electron chi connectivity index (χ1n) is 41.4. The number of ether oxygens (including phenoxy) is 3. The van der Waals surface area contributed by atoms with Crippen molar-refractivity contribution in [3.05, 3.63) is 0 Å². The van der Waals surface area contributed by atoms with E-state index in [1.807, 2.05) is 0 Å². The van der Waals surface area contributed by atoms with Gasteiger partial charge < -0.3 is 54.7 Å². The first-order chi connectivity index (χ1) is 46.5. The minimum atomic E-state index is -0.606. The van der Waals surface area contributed by atoms with Crippen LogP contribution in [0.5, 0.6) is 0 Å². The molecule has 0 spiro atoms. The van der Waals surface area contributed by atoms with Crippen LogP contribution >= 0.6 is 0 Å². The lowest BCUT2D eigenvalue weighted by molar-refractivity contribution is -0.189. The second-order valence-electron chi connectivity index (χ2n) is 36.9. The topological polar surface area (TPSA) is 182 Å². The van der Waals surface area contributed by atoms with Crippen LogP contribution in [0.1, 0.15) is 267 Å². The number of aliphatic hydroxyl groups is 3. The normalized spacial score (nSPS) is 46.8. The minimum absolute atomic E-state index is 0.0585. The van der Waals surface area contributed by atoms with Crippen LogP contribution in [0.25, 0.3) is 0 Å². The van der Waals surface area contributed by atoms with Gasteiger partial charge in [0.2, 0.25) is 11.8 Å². The third kappa shape index (κ3) is 16.0. The molecule has 14 nitrogen and oxygen atoms in total. The fraction of sp³-hybridized carbons (Fsp3) is 0.964. The highest BCUT2D eigenvalue weighted by Crippen LogP contribution is 2.70. The highest BCUT2D eigenvalue weighted by Gasteiger charge is 2.66. The Kier molecular flexibility index (Phi) is 25.6. The number of aliphatic carboxylic acids is 1. The molecule has 556 valence electrons. The van der Waals surface area contributed by atoms with E-state index in [4.69, 9.17) is 14.2 Å². The molecule has 5 N–H and O–H groups in total. The molecular weight excluding hydrogens is 1210 g/mol. The first kappa shape index (κ1) is 76.2. The predicted octanol–water partition coefficient (Wildman–Crippen LogP) is 14.7. The van der Waals surface area contributed by atoms with Crippen molar-refractivity contribution in [1.29, 1.82) is 0 Å². The SMILES string of the molecule is CCN(CC)CC.COC[C@@]1(O)CC[C@H]2[C@H](CC[C@@H]3[C@@H]2CCC2[C@@H](C(=O)O)C[C@H]23)C1.COC[C@@]1(O)CC[C@H]2[C@H](CC[C@@H]3[C@@H]2CC[C@]2(C)[C@@H](C(=O)N4CCCC[C@@H]4C)C[C@@H]32)C1.COC[C@@]1(O)CC[C@H]2[C@H](CC[C@@H]3[C@@H]2CC[C@]2(C)[C@H](C(=O)N4CCCC[C@@H]4C)C[C@@H]32)C1.C[C@H]1CCCCN1. The lowest BCUT2D eigenvalue weighted by Gasteiger charge is -2.65. The van der Waals surface area contributed by atoms with Crippen LogP contribution in [0.3, 0.4) is 0 Å². The Morgan fingerprint density at radius 1 is 0.443 bits per heavy atom. The molecular formula is C83H144N4O10. The second kappa shape index (κ2) is 32.6. The summed E-state index contributed by atoms with van der Waals surface area (Å²) in [5, 5.41) is 45.3. The number of hydrogen-bond donors (Lipinski definition) is 5. The summed E-state index contributed by atoms with van der Waals surface area (Å²) in [7, 11) is 5.10.